The average Bonchev–Trinajstić information content (AvgIpc) is 0.780. The van der Waals surface area contributed by atoms with Crippen LogP contribution in [0.3, 0.4) is 0 Å². The highest BCUT2D eigenvalue weighted by Crippen LogP contribution is 2.34. The number of ether oxygens (including phenoxy) is 6. The molecule has 0 aromatic heterocycles. The Labute approximate surface area is 658 Å². The van der Waals surface area contributed by atoms with Gasteiger partial charge in [-0.2, -0.15) is 0 Å². The van der Waals surface area contributed by atoms with Crippen LogP contribution >= 0.6 is 0 Å². The first kappa shape index (κ1) is 101. The Morgan fingerprint density at radius 2 is 0.574 bits per heavy atom. The van der Waals surface area contributed by atoms with Gasteiger partial charge in [0.2, 0.25) is 5.91 Å². The fourth-order valence-corrected chi connectivity index (χ4v) is 16.0. The summed E-state index contributed by atoms with van der Waals surface area (Å²) >= 11 is 0. The van der Waals surface area contributed by atoms with E-state index >= 15 is 0 Å². The minimum Gasteiger partial charge on any atom is -0.394 e. The summed E-state index contributed by atoms with van der Waals surface area (Å²) < 4.78 is 34.5. The SMILES string of the molecule is CCCCCCCCCCCCCCCCCCCCCCCCCCCCC/C=C/C(O)C(COC1OC(CO)C(OC2OC(CO)C(OC3OC(CO)C(O)C(O)C3O)C(O)C2O)C(O)C1O)NC(=O)CCCCCCCCCCCCCCCCCCCCCCCCCCCCCCCCCCCC. The molecule has 1 amide bonds. The number of aliphatic hydroxyl groups is 11. The van der Waals surface area contributed by atoms with Crippen LogP contribution in [0.5, 0.6) is 0 Å². The van der Waals surface area contributed by atoms with Crippen LogP contribution in [0.1, 0.15) is 418 Å². The van der Waals surface area contributed by atoms with Crippen LogP contribution in [0.15, 0.2) is 12.2 Å². The van der Waals surface area contributed by atoms with Gasteiger partial charge in [0.1, 0.15) is 73.2 Å². The summed E-state index contributed by atoms with van der Waals surface area (Å²) in [5.74, 6) is -0.264. The quantitative estimate of drug-likeness (QED) is 0.0199. The van der Waals surface area contributed by atoms with E-state index in [1.807, 2.05) is 6.08 Å². The number of hydrogen-bond acceptors (Lipinski definition) is 18. The molecular weight excluding hydrogens is 1370 g/mol. The van der Waals surface area contributed by atoms with Gasteiger partial charge < -0.3 is 89.9 Å². The average molecular weight is 1540 g/mol. The third-order valence-corrected chi connectivity index (χ3v) is 23.3. The second kappa shape index (κ2) is 69.8. The molecule has 3 aliphatic heterocycles. The summed E-state index contributed by atoms with van der Waals surface area (Å²) in [6, 6.07) is -0.971. The van der Waals surface area contributed by atoms with Crippen molar-refractivity contribution in [1.29, 1.82) is 0 Å². The third kappa shape index (κ3) is 48.2. The maximum absolute atomic E-state index is 13.5. The van der Waals surface area contributed by atoms with E-state index in [0.717, 1.165) is 44.9 Å². The Kier molecular flexibility index (Phi) is 65.1. The number of nitrogens with one attached hydrogen (secondary N) is 1. The van der Waals surface area contributed by atoms with Crippen molar-refractivity contribution in [3.05, 3.63) is 12.2 Å². The summed E-state index contributed by atoms with van der Waals surface area (Å²) in [7, 11) is 0. The summed E-state index contributed by atoms with van der Waals surface area (Å²) in [4.78, 5) is 13.5. The molecule has 0 aromatic rings. The molecule has 0 bridgehead atoms. The minimum absolute atomic E-state index is 0.251. The fraction of sp³-hybridized carbons (Fsp3) is 0.966. The lowest BCUT2D eigenvalue weighted by Crippen LogP contribution is -2.66. The molecule has 0 radical (unpaired) electrons. The van der Waals surface area contributed by atoms with Crippen LogP contribution in [-0.4, -0.2) is 193 Å². The fourth-order valence-electron chi connectivity index (χ4n) is 16.0. The number of unbranched alkanes of at least 4 members (excludes halogenated alkanes) is 60. The second-order valence-electron chi connectivity index (χ2n) is 33.1. The van der Waals surface area contributed by atoms with Gasteiger partial charge >= 0.3 is 0 Å². The van der Waals surface area contributed by atoms with E-state index in [4.69, 9.17) is 28.4 Å². The van der Waals surface area contributed by atoms with Gasteiger partial charge in [0.15, 0.2) is 18.9 Å². The molecule has 3 rings (SSSR count). The molecule has 640 valence electrons. The van der Waals surface area contributed by atoms with Crippen molar-refractivity contribution in [1.82, 2.24) is 5.32 Å². The molecule has 0 aromatic carbocycles. The molecule has 3 saturated heterocycles. The largest absolute Gasteiger partial charge is 0.394 e. The number of carbonyl (C=O) groups is 1. The zero-order valence-electron chi connectivity index (χ0n) is 69.1. The number of aliphatic hydroxyl groups excluding tert-OH is 11. The topological polar surface area (TPSA) is 307 Å². The highest BCUT2D eigenvalue weighted by Gasteiger charge is 2.54. The highest BCUT2D eigenvalue weighted by atomic mass is 16.8. The maximum atomic E-state index is 13.5. The predicted molar refractivity (Wildman–Crippen MR) is 434 cm³/mol. The van der Waals surface area contributed by atoms with E-state index < -0.39 is 124 Å². The van der Waals surface area contributed by atoms with Crippen molar-refractivity contribution in [2.24, 2.45) is 0 Å². The number of amides is 1. The molecule has 17 atom stereocenters. The van der Waals surface area contributed by atoms with Crippen LogP contribution in [0, 0.1) is 0 Å². The molecule has 3 aliphatic rings. The maximum Gasteiger partial charge on any atom is 0.220 e. The van der Waals surface area contributed by atoms with Gasteiger partial charge in [-0.15, -0.1) is 0 Å². The zero-order chi connectivity index (χ0) is 78.1. The number of carbonyl (C=O) groups excluding carboxylic acids is 1. The molecule has 19 nitrogen and oxygen atoms in total. The lowest BCUT2D eigenvalue weighted by Gasteiger charge is -2.48. The zero-order valence-corrected chi connectivity index (χ0v) is 69.1. The van der Waals surface area contributed by atoms with E-state index in [-0.39, 0.29) is 18.9 Å². The van der Waals surface area contributed by atoms with Gasteiger partial charge in [-0.25, -0.2) is 0 Å². The Bertz CT molecular complexity index is 1990. The van der Waals surface area contributed by atoms with E-state index in [2.05, 4.69) is 19.2 Å². The van der Waals surface area contributed by atoms with Crippen LogP contribution < -0.4 is 5.32 Å². The summed E-state index contributed by atoms with van der Waals surface area (Å²) in [5, 5.41) is 121. The molecule has 3 fully saturated rings. The van der Waals surface area contributed by atoms with Gasteiger partial charge in [0, 0.05) is 6.42 Å². The molecule has 12 N–H and O–H groups in total. The van der Waals surface area contributed by atoms with Crippen LogP contribution in [-0.2, 0) is 33.2 Å². The smallest absolute Gasteiger partial charge is 0.220 e. The van der Waals surface area contributed by atoms with E-state index in [9.17, 15) is 61.0 Å². The van der Waals surface area contributed by atoms with Gasteiger partial charge in [-0.1, -0.05) is 405 Å². The minimum atomic E-state index is -1.98. The Morgan fingerprint density at radius 3 is 0.870 bits per heavy atom. The second-order valence-corrected chi connectivity index (χ2v) is 33.1. The highest BCUT2D eigenvalue weighted by molar-refractivity contribution is 5.76. The number of rotatable bonds is 76. The summed E-state index contributed by atoms with van der Waals surface area (Å²) in [5.41, 5.74) is 0. The lowest BCUT2D eigenvalue weighted by atomic mass is 9.96. The Balaban J connectivity index is 1.32. The van der Waals surface area contributed by atoms with Gasteiger partial charge in [-0.3, -0.25) is 4.79 Å². The number of allylic oxidation sites excluding steroid dienone is 1. The molecule has 19 heteroatoms. The van der Waals surface area contributed by atoms with Crippen molar-refractivity contribution >= 4 is 5.91 Å². The van der Waals surface area contributed by atoms with E-state index in [0.29, 0.717) is 6.42 Å². The standard InChI is InChI=1S/C89H171NO18/c1-3-5-7-9-11-13-15-17-19-21-23-25-27-29-31-33-34-35-36-37-39-41-43-45-47-49-51-53-55-57-59-61-63-65-67-77(95)90-72(73(94)66-64-62-60-58-56-54-52-50-48-46-44-42-40-38-32-30-28-26-24-22-20-18-16-14-12-10-8-6-4-2)71-103-87-83(101)80(98)85(75(69-92)105-87)108-89-84(102)81(99)86(76(70-93)106-89)107-88-82(100)79(97)78(96)74(68-91)104-88/h64,66,72-76,78-89,91-94,96-102H,3-63,65,67-71H2,1-2H3,(H,90,95)/b66-64+. The molecule has 0 aliphatic carbocycles. The first-order valence-corrected chi connectivity index (χ1v) is 45.9. The van der Waals surface area contributed by atoms with Crippen LogP contribution in [0.4, 0.5) is 0 Å². The lowest BCUT2D eigenvalue weighted by molar-refractivity contribution is -0.379. The predicted octanol–water partition coefficient (Wildman–Crippen LogP) is 17.5. The Hall–Kier alpha value is -1.47. The molecule has 0 spiro atoms. The van der Waals surface area contributed by atoms with Gasteiger partial charge in [0.25, 0.3) is 0 Å². The first-order chi connectivity index (χ1) is 52.8. The summed E-state index contributed by atoms with van der Waals surface area (Å²) in [6.07, 6.45) is 59.5. The molecule has 17 unspecified atom stereocenters. The molecule has 3 heterocycles. The van der Waals surface area contributed by atoms with Crippen molar-refractivity contribution in [2.75, 3.05) is 26.4 Å². The Morgan fingerprint density at radius 1 is 0.324 bits per heavy atom. The van der Waals surface area contributed by atoms with Crippen molar-refractivity contribution in [3.63, 3.8) is 0 Å². The van der Waals surface area contributed by atoms with Crippen LogP contribution in [0.25, 0.3) is 0 Å². The normalized spacial score (nSPS) is 25.4. The van der Waals surface area contributed by atoms with Crippen molar-refractivity contribution in [3.8, 4) is 0 Å². The third-order valence-electron chi connectivity index (χ3n) is 23.3. The van der Waals surface area contributed by atoms with Gasteiger partial charge in [0.05, 0.1) is 38.6 Å². The molecule has 108 heavy (non-hydrogen) atoms. The van der Waals surface area contributed by atoms with E-state index in [1.165, 1.54) is 347 Å². The van der Waals surface area contributed by atoms with Crippen molar-refractivity contribution in [2.45, 2.75) is 523 Å². The first-order valence-electron chi connectivity index (χ1n) is 45.9. The molecule has 0 saturated carbocycles. The van der Waals surface area contributed by atoms with Crippen molar-refractivity contribution < 1.29 is 89.4 Å². The number of hydrogen-bond donors (Lipinski definition) is 12. The molecular formula is C89H171NO18. The summed E-state index contributed by atoms with van der Waals surface area (Å²) in [6.45, 7) is 1.82. The van der Waals surface area contributed by atoms with Crippen LogP contribution in [0.2, 0.25) is 0 Å². The van der Waals surface area contributed by atoms with E-state index in [1.54, 1.807) is 6.08 Å². The monoisotopic (exact) mass is 1540 g/mol. The van der Waals surface area contributed by atoms with Gasteiger partial charge in [-0.05, 0) is 19.3 Å².